The number of hydrogen-bond donors (Lipinski definition) is 2. The number of piperidine rings is 1. The minimum Gasteiger partial charge on any atom is -0.446 e. The SMILES string of the molecule is CN1CCC(OC(=O)Nc2cc(CCC(=O)Nc3cc(CO[Si](C)(C)C(C)(C)C)cs3)ccc2-c2ccccc2)CC1. The van der Waals surface area contributed by atoms with E-state index in [1.54, 1.807) is 0 Å². The molecule has 1 saturated heterocycles. The molecule has 0 unspecified atom stereocenters. The number of carbonyl (C=O) groups excluding carboxylic acids is 2. The minimum absolute atomic E-state index is 0.0444. The summed E-state index contributed by atoms with van der Waals surface area (Å²) < 4.78 is 12.1. The largest absolute Gasteiger partial charge is 0.446 e. The molecule has 0 atom stereocenters. The highest BCUT2D eigenvalue weighted by atomic mass is 32.1. The van der Waals surface area contributed by atoms with Gasteiger partial charge in [0.1, 0.15) is 6.10 Å². The van der Waals surface area contributed by atoms with Crippen LogP contribution in [-0.2, 0) is 27.0 Å². The third-order valence-electron chi connectivity index (χ3n) is 8.31. The monoisotopic (exact) mass is 607 g/mol. The van der Waals surface area contributed by atoms with Crippen molar-refractivity contribution < 1.29 is 18.8 Å². The third-order valence-corrected chi connectivity index (χ3v) is 13.7. The summed E-state index contributed by atoms with van der Waals surface area (Å²) in [5, 5.41) is 9.05. The Bertz CT molecular complexity index is 1340. The van der Waals surface area contributed by atoms with E-state index in [-0.39, 0.29) is 17.0 Å². The predicted octanol–water partition coefficient (Wildman–Crippen LogP) is 8.15. The number of rotatable bonds is 10. The van der Waals surface area contributed by atoms with E-state index >= 15 is 0 Å². The van der Waals surface area contributed by atoms with Crippen LogP contribution < -0.4 is 10.6 Å². The first-order valence-corrected chi connectivity index (χ1v) is 18.5. The number of nitrogens with one attached hydrogen (secondary N) is 2. The number of carbonyl (C=O) groups is 2. The van der Waals surface area contributed by atoms with E-state index in [2.05, 4.69) is 56.4 Å². The number of nitrogens with zero attached hydrogens (tertiary/aromatic N) is 1. The molecular weight excluding hydrogens is 563 g/mol. The van der Waals surface area contributed by atoms with Gasteiger partial charge in [0.15, 0.2) is 8.32 Å². The number of benzene rings is 2. The first-order chi connectivity index (χ1) is 19.9. The lowest BCUT2D eigenvalue weighted by Gasteiger charge is -2.36. The molecule has 2 N–H and O–H groups in total. The van der Waals surface area contributed by atoms with Crippen LogP contribution in [0.1, 0.15) is 51.2 Å². The fraction of sp³-hybridized carbons (Fsp3) is 0.455. The van der Waals surface area contributed by atoms with Crippen molar-refractivity contribution in [1.82, 2.24) is 4.90 Å². The van der Waals surface area contributed by atoms with Crippen LogP contribution >= 0.6 is 11.3 Å². The third kappa shape index (κ3) is 9.01. The molecule has 1 aliphatic heterocycles. The zero-order valence-electron chi connectivity index (χ0n) is 25.8. The van der Waals surface area contributed by atoms with Crippen molar-refractivity contribution >= 4 is 42.3 Å². The first-order valence-electron chi connectivity index (χ1n) is 14.8. The van der Waals surface area contributed by atoms with Crippen molar-refractivity contribution in [3.8, 4) is 11.1 Å². The van der Waals surface area contributed by atoms with Gasteiger partial charge in [-0.05, 0) is 78.6 Å². The molecule has 1 fully saturated rings. The summed E-state index contributed by atoms with van der Waals surface area (Å²) in [6.45, 7) is 13.6. The smallest absolute Gasteiger partial charge is 0.411 e. The summed E-state index contributed by atoms with van der Waals surface area (Å²) in [4.78, 5) is 27.9. The van der Waals surface area contributed by atoms with Crippen molar-refractivity contribution in [3.63, 3.8) is 0 Å². The number of amides is 2. The normalized spacial score (nSPS) is 14.9. The predicted molar refractivity (Wildman–Crippen MR) is 176 cm³/mol. The maximum Gasteiger partial charge on any atom is 0.411 e. The van der Waals surface area contributed by atoms with Crippen molar-refractivity contribution in [2.75, 3.05) is 30.8 Å². The molecule has 1 aromatic heterocycles. The Morgan fingerprint density at radius 2 is 1.71 bits per heavy atom. The highest BCUT2D eigenvalue weighted by Crippen LogP contribution is 2.37. The molecule has 2 amide bonds. The second kappa shape index (κ2) is 14.0. The average Bonchev–Trinajstić information content (AvgIpc) is 3.39. The quantitative estimate of drug-likeness (QED) is 0.227. The van der Waals surface area contributed by atoms with Gasteiger partial charge in [0.05, 0.1) is 17.3 Å². The van der Waals surface area contributed by atoms with E-state index < -0.39 is 14.4 Å². The summed E-state index contributed by atoms with van der Waals surface area (Å²) in [5.41, 5.74) is 4.65. The maximum atomic E-state index is 12.9. The van der Waals surface area contributed by atoms with Crippen LogP contribution in [-0.4, -0.2) is 51.5 Å². The molecule has 0 aliphatic carbocycles. The molecule has 1 aliphatic rings. The van der Waals surface area contributed by atoms with Crippen molar-refractivity contribution in [2.45, 2.75) is 77.3 Å². The van der Waals surface area contributed by atoms with Crippen LogP contribution in [0, 0.1) is 0 Å². The average molecular weight is 608 g/mol. The van der Waals surface area contributed by atoms with E-state index in [1.807, 2.05) is 60.0 Å². The van der Waals surface area contributed by atoms with E-state index in [9.17, 15) is 9.59 Å². The van der Waals surface area contributed by atoms with Gasteiger partial charge in [0.2, 0.25) is 5.91 Å². The van der Waals surface area contributed by atoms with Crippen molar-refractivity contribution in [2.24, 2.45) is 0 Å². The van der Waals surface area contributed by atoms with Gasteiger partial charge < -0.3 is 19.4 Å². The second-order valence-electron chi connectivity index (χ2n) is 12.7. The molecular formula is C33H45N3O4SSi. The molecule has 7 nitrogen and oxygen atoms in total. The molecule has 0 saturated carbocycles. The summed E-state index contributed by atoms with van der Waals surface area (Å²) in [6.07, 6.45) is 2.02. The van der Waals surface area contributed by atoms with Crippen LogP contribution in [0.3, 0.4) is 0 Å². The lowest BCUT2D eigenvalue weighted by atomic mass is 9.99. The van der Waals surface area contributed by atoms with Gasteiger partial charge >= 0.3 is 6.09 Å². The Morgan fingerprint density at radius 1 is 1.00 bits per heavy atom. The molecule has 4 rings (SSSR count). The number of ether oxygens (including phenoxy) is 1. The maximum absolute atomic E-state index is 12.9. The Morgan fingerprint density at radius 3 is 2.40 bits per heavy atom. The Labute approximate surface area is 255 Å². The molecule has 9 heteroatoms. The molecule has 42 heavy (non-hydrogen) atoms. The fourth-order valence-electron chi connectivity index (χ4n) is 4.57. The number of thiophene rings is 1. The molecule has 2 heterocycles. The van der Waals surface area contributed by atoms with Gasteiger partial charge in [-0.2, -0.15) is 0 Å². The standard InChI is InChI=1S/C33H45N3O4SSi/c1-33(2,3)42(5,6)39-22-25-21-31(41-23-25)35-30(37)15-13-24-12-14-28(26-10-8-7-9-11-26)29(20-24)34-32(38)40-27-16-18-36(4)19-17-27/h7-12,14,20-21,23,27H,13,15-19,22H2,1-6H3,(H,34,38)(H,35,37). The second-order valence-corrected chi connectivity index (χ2v) is 18.4. The molecule has 0 radical (unpaired) electrons. The Balaban J connectivity index is 1.36. The molecule has 0 bridgehead atoms. The minimum atomic E-state index is -1.83. The van der Waals surface area contributed by atoms with Gasteiger partial charge in [-0.15, -0.1) is 11.3 Å². The van der Waals surface area contributed by atoms with Crippen LogP contribution in [0.2, 0.25) is 18.1 Å². The van der Waals surface area contributed by atoms with Crippen LogP contribution in [0.4, 0.5) is 15.5 Å². The van der Waals surface area contributed by atoms with E-state index in [0.717, 1.165) is 53.2 Å². The molecule has 2 aromatic carbocycles. The van der Waals surface area contributed by atoms with Gasteiger partial charge in [0, 0.05) is 25.1 Å². The first kappa shape index (κ1) is 31.9. The Kier molecular flexibility index (Phi) is 10.6. The lowest BCUT2D eigenvalue weighted by molar-refractivity contribution is -0.116. The molecule has 3 aromatic rings. The summed E-state index contributed by atoms with van der Waals surface area (Å²) in [5.74, 6) is -0.0444. The van der Waals surface area contributed by atoms with Gasteiger partial charge in [-0.3, -0.25) is 10.1 Å². The number of hydrogen-bond acceptors (Lipinski definition) is 6. The van der Waals surface area contributed by atoms with E-state index in [4.69, 9.17) is 9.16 Å². The summed E-state index contributed by atoms with van der Waals surface area (Å²) in [7, 11) is 0.247. The van der Waals surface area contributed by atoms with Crippen molar-refractivity contribution in [1.29, 1.82) is 0 Å². The van der Waals surface area contributed by atoms with E-state index in [1.165, 1.54) is 11.3 Å². The van der Waals surface area contributed by atoms with Gasteiger partial charge in [-0.1, -0.05) is 63.2 Å². The topological polar surface area (TPSA) is 79.9 Å². The van der Waals surface area contributed by atoms with Crippen LogP contribution in [0.15, 0.2) is 60.0 Å². The zero-order valence-corrected chi connectivity index (χ0v) is 27.6. The van der Waals surface area contributed by atoms with Crippen LogP contribution in [0.5, 0.6) is 0 Å². The van der Waals surface area contributed by atoms with Crippen molar-refractivity contribution in [3.05, 3.63) is 71.1 Å². The van der Waals surface area contributed by atoms with Gasteiger partial charge in [0.25, 0.3) is 0 Å². The molecule has 226 valence electrons. The Hall–Kier alpha value is -2.98. The summed E-state index contributed by atoms with van der Waals surface area (Å²) in [6, 6.07) is 17.9. The molecule has 0 spiro atoms. The lowest BCUT2D eigenvalue weighted by Crippen LogP contribution is -2.40. The van der Waals surface area contributed by atoms with Crippen LogP contribution in [0.25, 0.3) is 11.1 Å². The number of aryl methyl sites for hydroxylation is 1. The zero-order chi connectivity index (χ0) is 30.3. The number of anilines is 2. The van der Waals surface area contributed by atoms with E-state index in [0.29, 0.717) is 25.1 Å². The summed E-state index contributed by atoms with van der Waals surface area (Å²) >= 11 is 1.52. The highest BCUT2D eigenvalue weighted by molar-refractivity contribution is 7.14. The highest BCUT2D eigenvalue weighted by Gasteiger charge is 2.37. The fourth-order valence-corrected chi connectivity index (χ4v) is 6.34. The van der Waals surface area contributed by atoms with Gasteiger partial charge in [-0.25, -0.2) is 4.79 Å². The number of likely N-dealkylation sites (tertiary alicyclic amines) is 1.